The van der Waals surface area contributed by atoms with E-state index in [-0.39, 0.29) is 18.8 Å². The second kappa shape index (κ2) is 7.35. The minimum atomic E-state index is -5.62. The van der Waals surface area contributed by atoms with Crippen LogP contribution in [0.4, 0.5) is 13.2 Å². The molecule has 0 saturated heterocycles. The summed E-state index contributed by atoms with van der Waals surface area (Å²) in [4.78, 5) is 0. The summed E-state index contributed by atoms with van der Waals surface area (Å²) >= 11 is 0. The molecule has 0 saturated carbocycles. The first-order valence-corrected chi connectivity index (χ1v) is 8.54. The van der Waals surface area contributed by atoms with Gasteiger partial charge in [0.1, 0.15) is 5.76 Å². The molecule has 4 nitrogen and oxygen atoms in total. The highest BCUT2D eigenvalue weighted by atomic mass is 32.2. The second-order valence-electron chi connectivity index (χ2n) is 5.20. The van der Waals surface area contributed by atoms with Gasteiger partial charge in [0, 0.05) is 6.42 Å². The summed E-state index contributed by atoms with van der Waals surface area (Å²) < 4.78 is 69.3. The van der Waals surface area contributed by atoms with Gasteiger partial charge in [0.05, 0.1) is 13.2 Å². The summed E-state index contributed by atoms with van der Waals surface area (Å²) in [5.41, 5.74) is -4.03. The molecule has 128 valence electrons. The van der Waals surface area contributed by atoms with Gasteiger partial charge >= 0.3 is 15.6 Å². The number of allylic oxidation sites excluding steroid dienone is 1. The molecule has 0 fully saturated rings. The van der Waals surface area contributed by atoms with E-state index in [9.17, 15) is 21.6 Å². The minimum Gasteiger partial charge on any atom is -0.381 e. The van der Waals surface area contributed by atoms with Crippen LogP contribution < -0.4 is 0 Å². The van der Waals surface area contributed by atoms with Crippen LogP contribution in [0.1, 0.15) is 31.2 Å². The Balaban J connectivity index is 2.02. The summed E-state index contributed by atoms with van der Waals surface area (Å²) in [6.07, 6.45) is 1.99. The van der Waals surface area contributed by atoms with Crippen LogP contribution in [0.5, 0.6) is 0 Å². The Bertz CT molecular complexity index is 651. The lowest BCUT2D eigenvalue weighted by Crippen LogP contribution is -2.26. The molecule has 0 heterocycles. The molecule has 23 heavy (non-hydrogen) atoms. The van der Waals surface area contributed by atoms with Gasteiger partial charge in [0.2, 0.25) is 0 Å². The maximum atomic E-state index is 12.4. The molecule has 0 atom stereocenters. The highest BCUT2D eigenvalue weighted by molar-refractivity contribution is 7.87. The van der Waals surface area contributed by atoms with Gasteiger partial charge in [-0.05, 0) is 30.4 Å². The lowest BCUT2D eigenvalue weighted by atomic mass is 9.98. The molecule has 0 amide bonds. The van der Waals surface area contributed by atoms with E-state index in [1.165, 1.54) is 0 Å². The van der Waals surface area contributed by atoms with Crippen molar-refractivity contribution >= 4 is 10.1 Å². The third kappa shape index (κ3) is 4.97. The molecular weight excluding hydrogens is 333 g/mol. The topological polar surface area (TPSA) is 52.6 Å². The van der Waals surface area contributed by atoms with Crippen molar-refractivity contribution in [1.29, 1.82) is 0 Å². The minimum absolute atomic E-state index is 0.0532. The number of halogens is 3. The van der Waals surface area contributed by atoms with Gasteiger partial charge in [0.25, 0.3) is 0 Å². The zero-order valence-corrected chi connectivity index (χ0v) is 13.1. The average Bonchev–Trinajstić information content (AvgIpc) is 2.49. The largest absolute Gasteiger partial charge is 0.534 e. The summed E-state index contributed by atoms with van der Waals surface area (Å²) in [7, 11) is -5.62. The molecule has 1 aromatic rings. The zero-order chi connectivity index (χ0) is 16.9. The van der Waals surface area contributed by atoms with Crippen molar-refractivity contribution in [2.75, 3.05) is 6.61 Å². The SMILES string of the molecule is O=S(=O)(OC1=C(COCc2ccccc2)CCCC1)C(F)(F)F. The average molecular weight is 350 g/mol. The van der Waals surface area contributed by atoms with Crippen LogP contribution in [0.3, 0.4) is 0 Å². The monoisotopic (exact) mass is 350 g/mol. The molecule has 1 aromatic carbocycles. The summed E-state index contributed by atoms with van der Waals surface area (Å²) in [5.74, 6) is -0.137. The number of benzene rings is 1. The van der Waals surface area contributed by atoms with Crippen LogP contribution in [-0.4, -0.2) is 20.5 Å². The van der Waals surface area contributed by atoms with Crippen LogP contribution in [0.2, 0.25) is 0 Å². The first-order valence-electron chi connectivity index (χ1n) is 7.13. The van der Waals surface area contributed by atoms with Crippen molar-refractivity contribution in [2.24, 2.45) is 0 Å². The van der Waals surface area contributed by atoms with Gasteiger partial charge in [-0.2, -0.15) is 21.6 Å². The molecule has 8 heteroatoms. The number of ether oxygens (including phenoxy) is 1. The maximum absolute atomic E-state index is 12.4. The van der Waals surface area contributed by atoms with Crippen LogP contribution in [0.25, 0.3) is 0 Å². The zero-order valence-electron chi connectivity index (χ0n) is 12.3. The van der Waals surface area contributed by atoms with Crippen LogP contribution >= 0.6 is 0 Å². The Hall–Kier alpha value is -1.54. The normalized spacial score (nSPS) is 16.5. The molecule has 0 bridgehead atoms. The molecule has 0 N–H and O–H groups in total. The quantitative estimate of drug-likeness (QED) is 0.577. The van der Waals surface area contributed by atoms with Gasteiger partial charge < -0.3 is 8.92 Å². The number of hydrogen-bond acceptors (Lipinski definition) is 4. The Kier molecular flexibility index (Phi) is 5.69. The lowest BCUT2D eigenvalue weighted by Gasteiger charge is -2.21. The van der Waals surface area contributed by atoms with E-state index < -0.39 is 15.6 Å². The highest BCUT2D eigenvalue weighted by Gasteiger charge is 2.49. The Morgan fingerprint density at radius 2 is 1.65 bits per heavy atom. The van der Waals surface area contributed by atoms with E-state index >= 15 is 0 Å². The molecule has 1 aliphatic rings. The third-order valence-corrected chi connectivity index (χ3v) is 4.40. The summed E-state index contributed by atoms with van der Waals surface area (Å²) in [6, 6.07) is 9.29. The van der Waals surface area contributed by atoms with Gasteiger partial charge in [-0.25, -0.2) is 0 Å². The fourth-order valence-electron chi connectivity index (χ4n) is 2.24. The van der Waals surface area contributed by atoms with Crippen molar-refractivity contribution in [2.45, 2.75) is 37.8 Å². The third-order valence-electron chi connectivity index (χ3n) is 3.41. The van der Waals surface area contributed by atoms with E-state index in [1.54, 1.807) is 0 Å². The molecule has 0 aliphatic heterocycles. The first kappa shape index (κ1) is 17.8. The van der Waals surface area contributed by atoms with Crippen LogP contribution in [0.15, 0.2) is 41.7 Å². The standard InChI is InChI=1S/C15H17F3O4S/c16-15(17,18)23(19,20)22-14-9-5-4-8-13(14)11-21-10-12-6-2-1-3-7-12/h1-3,6-7H,4-5,8-11H2. The Morgan fingerprint density at radius 3 is 2.30 bits per heavy atom. The highest BCUT2D eigenvalue weighted by Crippen LogP contribution is 2.32. The van der Waals surface area contributed by atoms with Crippen LogP contribution in [0, 0.1) is 0 Å². The molecule has 0 aromatic heterocycles. The second-order valence-corrected chi connectivity index (χ2v) is 6.73. The lowest BCUT2D eigenvalue weighted by molar-refractivity contribution is -0.0525. The van der Waals surface area contributed by atoms with Gasteiger partial charge in [0.15, 0.2) is 0 Å². The van der Waals surface area contributed by atoms with Crippen molar-refractivity contribution in [3.63, 3.8) is 0 Å². The molecular formula is C15H17F3O4S. The number of alkyl halides is 3. The van der Waals surface area contributed by atoms with Gasteiger partial charge in [-0.1, -0.05) is 30.3 Å². The fraction of sp³-hybridized carbons (Fsp3) is 0.467. The summed E-state index contributed by atoms with van der Waals surface area (Å²) in [5, 5.41) is 0. The van der Waals surface area contributed by atoms with E-state index in [4.69, 9.17) is 4.74 Å². The molecule has 0 radical (unpaired) electrons. The fourth-order valence-corrected chi connectivity index (χ4v) is 2.80. The van der Waals surface area contributed by atoms with Gasteiger partial charge in [-0.3, -0.25) is 0 Å². The Labute approximate surface area is 133 Å². The van der Waals surface area contributed by atoms with Gasteiger partial charge in [-0.15, -0.1) is 0 Å². The summed E-state index contributed by atoms with van der Waals surface area (Å²) in [6.45, 7) is 0.348. The predicted molar refractivity (Wildman–Crippen MR) is 77.7 cm³/mol. The van der Waals surface area contributed by atoms with Crippen molar-refractivity contribution in [3.8, 4) is 0 Å². The van der Waals surface area contributed by atoms with E-state index in [2.05, 4.69) is 4.18 Å². The molecule has 2 rings (SSSR count). The number of hydrogen-bond donors (Lipinski definition) is 0. The smallest absolute Gasteiger partial charge is 0.381 e. The number of rotatable bonds is 6. The molecule has 0 unspecified atom stereocenters. The van der Waals surface area contributed by atoms with Crippen LogP contribution in [-0.2, 0) is 25.6 Å². The van der Waals surface area contributed by atoms with Crippen molar-refractivity contribution < 1.29 is 30.5 Å². The maximum Gasteiger partial charge on any atom is 0.534 e. The van der Waals surface area contributed by atoms with Crippen molar-refractivity contribution in [3.05, 3.63) is 47.2 Å². The van der Waals surface area contributed by atoms with E-state index in [0.717, 1.165) is 12.0 Å². The first-order chi connectivity index (χ1) is 10.8. The molecule has 0 spiro atoms. The molecule has 1 aliphatic carbocycles. The van der Waals surface area contributed by atoms with E-state index in [0.29, 0.717) is 25.0 Å². The Morgan fingerprint density at radius 1 is 1.00 bits per heavy atom. The van der Waals surface area contributed by atoms with Crippen molar-refractivity contribution in [1.82, 2.24) is 0 Å². The predicted octanol–water partition coefficient (Wildman–Crippen LogP) is 3.90. The van der Waals surface area contributed by atoms with E-state index in [1.807, 2.05) is 30.3 Å².